The van der Waals surface area contributed by atoms with E-state index in [2.05, 4.69) is 20.4 Å². The fraction of sp³-hybridized carbons (Fsp3) is 0.500. The number of aromatic nitrogens is 4. The molecule has 120 valence electrons. The first-order valence-electron chi connectivity index (χ1n) is 7.52. The van der Waals surface area contributed by atoms with E-state index in [1.54, 1.807) is 9.58 Å². The molecule has 0 bridgehead atoms. The van der Waals surface area contributed by atoms with Crippen LogP contribution >= 0.6 is 0 Å². The molecule has 23 heavy (non-hydrogen) atoms. The van der Waals surface area contributed by atoms with E-state index in [-0.39, 0.29) is 18.4 Å². The second-order valence-electron chi connectivity index (χ2n) is 5.87. The highest BCUT2D eigenvalue weighted by Gasteiger charge is 2.39. The summed E-state index contributed by atoms with van der Waals surface area (Å²) in [7, 11) is 1.84. The standard InChI is InChI=1S/C14H17N7O2/c1-8-11-12(19(2)18-8)16-7-17-13(11)20-3-4-21-9(6-20)14(23)15-5-10(21)22/h7,9H,3-6H2,1-2H3,(H,15,23). The molecule has 2 aliphatic heterocycles. The van der Waals surface area contributed by atoms with Crippen LogP contribution in [0.5, 0.6) is 0 Å². The first-order chi connectivity index (χ1) is 11.1. The number of fused-ring (bicyclic) bond motifs is 2. The third-order valence-electron chi connectivity index (χ3n) is 4.49. The zero-order valence-electron chi connectivity index (χ0n) is 13.0. The molecule has 9 nitrogen and oxygen atoms in total. The Labute approximate surface area is 132 Å². The molecule has 0 spiro atoms. The highest BCUT2D eigenvalue weighted by molar-refractivity contribution is 5.96. The summed E-state index contributed by atoms with van der Waals surface area (Å²) in [6.07, 6.45) is 1.51. The summed E-state index contributed by atoms with van der Waals surface area (Å²) in [6, 6.07) is -0.466. The summed E-state index contributed by atoms with van der Waals surface area (Å²) < 4.78 is 1.73. The lowest BCUT2D eigenvalue weighted by Crippen LogP contribution is -2.66. The van der Waals surface area contributed by atoms with Crippen LogP contribution in [0.4, 0.5) is 5.82 Å². The second-order valence-corrected chi connectivity index (χ2v) is 5.87. The maximum atomic E-state index is 12.1. The van der Waals surface area contributed by atoms with Gasteiger partial charge >= 0.3 is 0 Å². The van der Waals surface area contributed by atoms with Gasteiger partial charge in [-0.25, -0.2) is 9.97 Å². The fourth-order valence-electron chi connectivity index (χ4n) is 3.38. The van der Waals surface area contributed by atoms with Crippen molar-refractivity contribution in [3.8, 4) is 0 Å². The van der Waals surface area contributed by atoms with E-state index >= 15 is 0 Å². The Kier molecular flexibility index (Phi) is 2.97. The predicted molar refractivity (Wildman–Crippen MR) is 81.8 cm³/mol. The largest absolute Gasteiger partial charge is 0.352 e. The summed E-state index contributed by atoms with van der Waals surface area (Å²) in [5.41, 5.74) is 1.61. The van der Waals surface area contributed by atoms with Crippen molar-refractivity contribution in [1.82, 2.24) is 30.0 Å². The number of aryl methyl sites for hydroxylation is 2. The van der Waals surface area contributed by atoms with Gasteiger partial charge in [-0.2, -0.15) is 5.10 Å². The Balaban J connectivity index is 1.72. The summed E-state index contributed by atoms with van der Waals surface area (Å²) in [6.45, 7) is 3.59. The molecule has 0 aliphatic carbocycles. The average molecular weight is 315 g/mol. The van der Waals surface area contributed by atoms with Gasteiger partial charge in [0.1, 0.15) is 18.2 Å². The molecule has 2 aliphatic rings. The van der Waals surface area contributed by atoms with Crippen LogP contribution in [-0.4, -0.2) is 68.7 Å². The van der Waals surface area contributed by atoms with E-state index in [1.807, 2.05) is 18.9 Å². The van der Waals surface area contributed by atoms with Crippen molar-refractivity contribution in [3.63, 3.8) is 0 Å². The van der Waals surface area contributed by atoms with Crippen LogP contribution in [0.1, 0.15) is 5.69 Å². The smallest absolute Gasteiger partial charge is 0.245 e. The lowest BCUT2D eigenvalue weighted by Gasteiger charge is -2.43. The maximum Gasteiger partial charge on any atom is 0.245 e. The van der Waals surface area contributed by atoms with Crippen molar-refractivity contribution in [2.75, 3.05) is 31.1 Å². The van der Waals surface area contributed by atoms with E-state index in [0.717, 1.165) is 22.5 Å². The number of rotatable bonds is 1. The first-order valence-corrected chi connectivity index (χ1v) is 7.52. The third kappa shape index (κ3) is 2.03. The molecular weight excluding hydrogens is 298 g/mol. The molecule has 4 heterocycles. The van der Waals surface area contributed by atoms with Gasteiger partial charge in [0.25, 0.3) is 0 Å². The van der Waals surface area contributed by atoms with Gasteiger partial charge in [0.2, 0.25) is 11.8 Å². The molecule has 2 aromatic rings. The molecule has 9 heteroatoms. The van der Waals surface area contributed by atoms with Crippen molar-refractivity contribution < 1.29 is 9.59 Å². The highest BCUT2D eigenvalue weighted by Crippen LogP contribution is 2.27. The van der Waals surface area contributed by atoms with Gasteiger partial charge in [-0.1, -0.05) is 0 Å². The van der Waals surface area contributed by atoms with E-state index in [1.165, 1.54) is 6.33 Å². The molecular formula is C14H17N7O2. The molecule has 1 unspecified atom stereocenters. The Morgan fingerprint density at radius 1 is 1.26 bits per heavy atom. The topological polar surface area (TPSA) is 96.2 Å². The molecule has 2 amide bonds. The third-order valence-corrected chi connectivity index (χ3v) is 4.49. The minimum Gasteiger partial charge on any atom is -0.352 e. The van der Waals surface area contributed by atoms with Gasteiger partial charge in [0.05, 0.1) is 17.6 Å². The molecule has 2 aromatic heterocycles. The molecule has 4 rings (SSSR count). The van der Waals surface area contributed by atoms with Crippen LogP contribution in [0, 0.1) is 6.92 Å². The van der Waals surface area contributed by atoms with Crippen LogP contribution in [0.15, 0.2) is 6.33 Å². The van der Waals surface area contributed by atoms with Crippen molar-refractivity contribution >= 4 is 28.7 Å². The van der Waals surface area contributed by atoms with Crippen molar-refractivity contribution in [2.45, 2.75) is 13.0 Å². The number of amides is 2. The van der Waals surface area contributed by atoms with Crippen LogP contribution in [-0.2, 0) is 16.6 Å². The SMILES string of the molecule is Cc1nn(C)c2ncnc(N3CCN4C(=O)CNC(=O)C4C3)c12. The predicted octanol–water partition coefficient (Wildman–Crippen LogP) is -1.18. The van der Waals surface area contributed by atoms with E-state index in [4.69, 9.17) is 0 Å². The van der Waals surface area contributed by atoms with Gasteiger partial charge in [0, 0.05) is 26.7 Å². The number of nitrogens with one attached hydrogen (secondary N) is 1. The van der Waals surface area contributed by atoms with Crippen LogP contribution in [0.3, 0.4) is 0 Å². The Morgan fingerprint density at radius 2 is 2.09 bits per heavy atom. The summed E-state index contributed by atoms with van der Waals surface area (Å²) in [5.74, 6) is 0.633. The van der Waals surface area contributed by atoms with Crippen LogP contribution in [0.2, 0.25) is 0 Å². The highest BCUT2D eigenvalue weighted by atomic mass is 16.2. The number of piperazine rings is 2. The minimum atomic E-state index is -0.466. The molecule has 0 aromatic carbocycles. The van der Waals surface area contributed by atoms with Crippen molar-refractivity contribution in [2.24, 2.45) is 7.05 Å². The van der Waals surface area contributed by atoms with Gasteiger partial charge in [-0.15, -0.1) is 0 Å². The van der Waals surface area contributed by atoms with Gasteiger partial charge in [0.15, 0.2) is 5.65 Å². The number of nitrogens with zero attached hydrogens (tertiary/aromatic N) is 6. The number of hydrogen-bond donors (Lipinski definition) is 1. The molecule has 0 radical (unpaired) electrons. The van der Waals surface area contributed by atoms with Gasteiger partial charge in [-0.05, 0) is 6.92 Å². The molecule has 2 saturated heterocycles. The molecule has 2 fully saturated rings. The lowest BCUT2D eigenvalue weighted by molar-refractivity contribution is -0.146. The van der Waals surface area contributed by atoms with Gasteiger partial charge in [-0.3, -0.25) is 14.3 Å². The van der Waals surface area contributed by atoms with Crippen molar-refractivity contribution in [3.05, 3.63) is 12.0 Å². The second kappa shape index (κ2) is 4.90. The number of carbonyl (C=O) groups is 2. The summed E-state index contributed by atoms with van der Waals surface area (Å²) >= 11 is 0. The van der Waals surface area contributed by atoms with E-state index in [0.29, 0.717) is 19.6 Å². The zero-order chi connectivity index (χ0) is 16.1. The normalized spacial score (nSPS) is 21.6. The number of hydrogen-bond acceptors (Lipinski definition) is 6. The Morgan fingerprint density at radius 3 is 2.91 bits per heavy atom. The molecule has 1 atom stereocenters. The minimum absolute atomic E-state index is 0.0281. The Hall–Kier alpha value is -2.71. The number of carbonyl (C=O) groups excluding carboxylic acids is 2. The fourth-order valence-corrected chi connectivity index (χ4v) is 3.38. The lowest BCUT2D eigenvalue weighted by atomic mass is 10.1. The summed E-state index contributed by atoms with van der Waals surface area (Å²) in [5, 5.41) is 7.94. The molecule has 0 saturated carbocycles. The van der Waals surface area contributed by atoms with Gasteiger partial charge < -0.3 is 15.1 Å². The monoisotopic (exact) mass is 315 g/mol. The van der Waals surface area contributed by atoms with E-state index in [9.17, 15) is 9.59 Å². The van der Waals surface area contributed by atoms with Crippen LogP contribution < -0.4 is 10.2 Å². The Bertz CT molecular complexity index is 815. The zero-order valence-corrected chi connectivity index (χ0v) is 13.0. The average Bonchev–Trinajstić information content (AvgIpc) is 2.85. The van der Waals surface area contributed by atoms with Crippen LogP contribution in [0.25, 0.3) is 11.0 Å². The number of anilines is 1. The van der Waals surface area contributed by atoms with Crippen molar-refractivity contribution in [1.29, 1.82) is 0 Å². The summed E-state index contributed by atoms with van der Waals surface area (Å²) in [4.78, 5) is 36.4. The maximum absolute atomic E-state index is 12.1. The quantitative estimate of drug-likeness (QED) is 0.711. The first kappa shape index (κ1) is 13.9. The van der Waals surface area contributed by atoms with E-state index < -0.39 is 6.04 Å². The molecule has 1 N–H and O–H groups in total.